The summed E-state index contributed by atoms with van der Waals surface area (Å²) in [5.41, 5.74) is 1.82. The average molecular weight is 444 g/mol. The van der Waals surface area contributed by atoms with Crippen LogP contribution in [0, 0.1) is 0 Å². The number of carbonyl (C=O) groups excluding carboxylic acids is 2. The zero-order valence-corrected chi connectivity index (χ0v) is 17.8. The predicted octanol–water partition coefficient (Wildman–Crippen LogP) is 3.09. The molecule has 1 spiro atoms. The topological polar surface area (TPSA) is 86.3 Å². The highest BCUT2D eigenvalue weighted by Gasteiger charge is 2.57. The Bertz CT molecular complexity index is 1290. The van der Waals surface area contributed by atoms with Crippen molar-refractivity contribution in [2.24, 2.45) is 0 Å². The summed E-state index contributed by atoms with van der Waals surface area (Å²) < 4.78 is 22.1. The van der Waals surface area contributed by atoms with Gasteiger partial charge < -0.3 is 29.2 Å². The van der Waals surface area contributed by atoms with Crippen LogP contribution in [0.25, 0.3) is 0 Å². The lowest BCUT2D eigenvalue weighted by Gasteiger charge is -2.23. The number of anilines is 2. The summed E-state index contributed by atoms with van der Waals surface area (Å²) in [5.74, 6) is 1.96. The maximum atomic E-state index is 13.9. The zero-order valence-electron chi connectivity index (χ0n) is 17.8. The molecule has 0 bridgehead atoms. The molecular weight excluding hydrogens is 424 g/mol. The third-order valence-electron chi connectivity index (χ3n) is 6.32. The fourth-order valence-electron chi connectivity index (χ4n) is 4.74. The van der Waals surface area contributed by atoms with E-state index in [9.17, 15) is 9.59 Å². The minimum Gasteiger partial charge on any atom is -0.497 e. The Hall–Kier alpha value is -4.20. The fourth-order valence-corrected chi connectivity index (χ4v) is 4.74. The number of rotatable bonds is 4. The van der Waals surface area contributed by atoms with Crippen LogP contribution >= 0.6 is 0 Å². The first-order valence-electron chi connectivity index (χ1n) is 10.5. The molecule has 2 amide bonds. The van der Waals surface area contributed by atoms with Gasteiger partial charge in [0.15, 0.2) is 11.5 Å². The van der Waals surface area contributed by atoms with Crippen molar-refractivity contribution in [1.29, 1.82) is 0 Å². The van der Waals surface area contributed by atoms with Crippen molar-refractivity contribution in [3.63, 3.8) is 0 Å². The Kier molecular flexibility index (Phi) is 4.23. The van der Waals surface area contributed by atoms with Gasteiger partial charge in [-0.15, -0.1) is 0 Å². The average Bonchev–Trinajstić information content (AvgIpc) is 3.51. The quantitative estimate of drug-likeness (QED) is 0.666. The molecule has 0 saturated carbocycles. The number of nitrogens with zero attached hydrogens (tertiary/aromatic N) is 1. The highest BCUT2D eigenvalue weighted by molar-refractivity contribution is 6.14. The second-order valence-corrected chi connectivity index (χ2v) is 8.08. The van der Waals surface area contributed by atoms with Crippen molar-refractivity contribution in [3.8, 4) is 23.0 Å². The van der Waals surface area contributed by atoms with Crippen LogP contribution in [0.2, 0.25) is 0 Å². The van der Waals surface area contributed by atoms with Gasteiger partial charge in [-0.05, 0) is 42.0 Å². The number of nitrogens with one attached hydrogen (secondary N) is 1. The van der Waals surface area contributed by atoms with Gasteiger partial charge in [0, 0.05) is 23.0 Å². The first-order valence-corrected chi connectivity index (χ1v) is 10.5. The standard InChI is InChI=1S/C25H20N2O6/c1-30-16-8-6-15(7-9-16)26-23(28)12-27-19-5-3-2-4-17(19)25(24(27)29)13-31-20-11-22-21(10-18(20)25)32-14-33-22/h2-11H,12-14H2,1H3,(H,26,28). The molecule has 33 heavy (non-hydrogen) atoms. The Balaban J connectivity index is 1.34. The molecule has 1 N–H and O–H groups in total. The van der Waals surface area contributed by atoms with Crippen LogP contribution in [0.5, 0.6) is 23.0 Å². The van der Waals surface area contributed by atoms with Gasteiger partial charge in [0.05, 0.1) is 7.11 Å². The van der Waals surface area contributed by atoms with E-state index in [4.69, 9.17) is 18.9 Å². The van der Waals surface area contributed by atoms with Crippen molar-refractivity contribution >= 4 is 23.2 Å². The number of hydrogen-bond acceptors (Lipinski definition) is 6. The van der Waals surface area contributed by atoms with Crippen LogP contribution in [0.15, 0.2) is 60.7 Å². The predicted molar refractivity (Wildman–Crippen MR) is 119 cm³/mol. The molecule has 0 aromatic heterocycles. The monoisotopic (exact) mass is 444 g/mol. The van der Waals surface area contributed by atoms with E-state index in [1.165, 1.54) is 4.90 Å². The summed E-state index contributed by atoms with van der Waals surface area (Å²) >= 11 is 0. The van der Waals surface area contributed by atoms with E-state index in [0.717, 1.165) is 11.1 Å². The second-order valence-electron chi connectivity index (χ2n) is 8.08. The number of ether oxygens (including phenoxy) is 4. The first-order chi connectivity index (χ1) is 16.1. The highest BCUT2D eigenvalue weighted by Crippen LogP contribution is 2.54. The summed E-state index contributed by atoms with van der Waals surface area (Å²) in [6, 6.07) is 18.1. The first kappa shape index (κ1) is 19.5. The van der Waals surface area contributed by atoms with E-state index in [0.29, 0.717) is 34.4 Å². The molecule has 3 aliphatic rings. The molecular formula is C25H20N2O6. The van der Waals surface area contributed by atoms with Gasteiger partial charge in [-0.3, -0.25) is 9.59 Å². The summed E-state index contributed by atoms with van der Waals surface area (Å²) in [7, 11) is 1.58. The SMILES string of the molecule is COc1ccc(NC(=O)CN2C(=O)C3(COc4cc5c(cc43)OCO5)c3ccccc32)cc1. The Morgan fingerprint density at radius 1 is 1.00 bits per heavy atom. The van der Waals surface area contributed by atoms with E-state index in [-0.39, 0.29) is 31.8 Å². The molecule has 0 fully saturated rings. The van der Waals surface area contributed by atoms with Crippen LogP contribution in [-0.4, -0.2) is 38.9 Å². The largest absolute Gasteiger partial charge is 0.497 e. The molecule has 1 atom stereocenters. The molecule has 3 aromatic carbocycles. The summed E-state index contributed by atoms with van der Waals surface area (Å²) in [5, 5.41) is 2.85. The lowest BCUT2D eigenvalue weighted by Crippen LogP contribution is -2.45. The smallest absolute Gasteiger partial charge is 0.246 e. The van der Waals surface area contributed by atoms with Gasteiger partial charge in [0.1, 0.15) is 30.1 Å². The molecule has 0 aliphatic carbocycles. The Morgan fingerprint density at radius 3 is 2.55 bits per heavy atom. The molecule has 0 saturated heterocycles. The molecule has 3 aromatic rings. The summed E-state index contributed by atoms with van der Waals surface area (Å²) in [6.07, 6.45) is 0. The third kappa shape index (κ3) is 2.83. The summed E-state index contributed by atoms with van der Waals surface area (Å²) in [4.78, 5) is 28.3. The van der Waals surface area contributed by atoms with Crippen LogP contribution in [0.1, 0.15) is 11.1 Å². The molecule has 3 aliphatic heterocycles. The van der Waals surface area contributed by atoms with Crippen LogP contribution in [0.4, 0.5) is 11.4 Å². The molecule has 8 heteroatoms. The lowest BCUT2D eigenvalue weighted by atomic mass is 9.77. The maximum Gasteiger partial charge on any atom is 0.246 e. The molecule has 1 unspecified atom stereocenters. The minimum atomic E-state index is -1.03. The number of fused-ring (bicyclic) bond motifs is 5. The Labute approximate surface area is 189 Å². The number of para-hydroxylation sites is 1. The van der Waals surface area contributed by atoms with Gasteiger partial charge in [-0.25, -0.2) is 0 Å². The molecule has 166 valence electrons. The second kappa shape index (κ2) is 7.16. The number of hydrogen-bond donors (Lipinski definition) is 1. The zero-order chi connectivity index (χ0) is 22.6. The normalized spacial score (nSPS) is 19.3. The fraction of sp³-hybridized carbons (Fsp3) is 0.200. The Morgan fingerprint density at radius 2 is 1.76 bits per heavy atom. The summed E-state index contributed by atoms with van der Waals surface area (Å²) in [6.45, 7) is 0.161. The van der Waals surface area contributed by atoms with E-state index in [1.807, 2.05) is 30.3 Å². The van der Waals surface area contributed by atoms with Crippen LogP contribution in [0.3, 0.4) is 0 Å². The number of benzene rings is 3. The van der Waals surface area contributed by atoms with E-state index in [2.05, 4.69) is 5.32 Å². The van der Waals surface area contributed by atoms with Crippen molar-refractivity contribution in [2.45, 2.75) is 5.41 Å². The lowest BCUT2D eigenvalue weighted by molar-refractivity contribution is -0.124. The van der Waals surface area contributed by atoms with Gasteiger partial charge in [-0.1, -0.05) is 18.2 Å². The molecule has 6 rings (SSSR count). The van der Waals surface area contributed by atoms with Crippen molar-refractivity contribution in [3.05, 3.63) is 71.8 Å². The maximum absolute atomic E-state index is 13.9. The van der Waals surface area contributed by atoms with Crippen molar-refractivity contribution < 1.29 is 28.5 Å². The molecule has 8 nitrogen and oxygen atoms in total. The van der Waals surface area contributed by atoms with Crippen molar-refractivity contribution in [2.75, 3.05) is 37.3 Å². The molecule has 3 heterocycles. The van der Waals surface area contributed by atoms with Gasteiger partial charge in [0.2, 0.25) is 18.6 Å². The van der Waals surface area contributed by atoms with Gasteiger partial charge in [0.25, 0.3) is 0 Å². The highest BCUT2D eigenvalue weighted by atomic mass is 16.7. The van der Waals surface area contributed by atoms with E-state index < -0.39 is 5.41 Å². The minimum absolute atomic E-state index is 0.122. The number of amides is 2. The number of carbonyl (C=O) groups is 2. The van der Waals surface area contributed by atoms with E-state index >= 15 is 0 Å². The third-order valence-corrected chi connectivity index (χ3v) is 6.32. The van der Waals surface area contributed by atoms with Crippen LogP contribution < -0.4 is 29.2 Å². The van der Waals surface area contributed by atoms with Gasteiger partial charge in [-0.2, -0.15) is 0 Å². The van der Waals surface area contributed by atoms with E-state index in [1.54, 1.807) is 37.4 Å². The van der Waals surface area contributed by atoms with Gasteiger partial charge >= 0.3 is 0 Å². The van der Waals surface area contributed by atoms with Crippen LogP contribution in [-0.2, 0) is 15.0 Å². The van der Waals surface area contributed by atoms with Crippen molar-refractivity contribution in [1.82, 2.24) is 0 Å². The molecule has 0 radical (unpaired) electrons. The number of methoxy groups -OCH3 is 1.